The van der Waals surface area contributed by atoms with Gasteiger partial charge < -0.3 is 20.3 Å². The Morgan fingerprint density at radius 1 is 0.971 bits per heavy atom. The zero-order chi connectivity index (χ0) is 25.1. The Hall–Kier alpha value is -4.20. The Morgan fingerprint density at radius 3 is 2.31 bits per heavy atom. The summed E-state index contributed by atoms with van der Waals surface area (Å²) < 4.78 is 18.6. The minimum absolute atomic E-state index is 0.0872. The molecule has 0 spiro atoms. The maximum atomic E-state index is 13.7. The zero-order valence-electron chi connectivity index (χ0n) is 19.7. The van der Waals surface area contributed by atoms with E-state index in [1.54, 1.807) is 35.2 Å². The number of halogens is 1. The van der Waals surface area contributed by atoms with Crippen molar-refractivity contribution < 1.29 is 23.5 Å². The highest BCUT2D eigenvalue weighted by Gasteiger charge is 2.38. The van der Waals surface area contributed by atoms with Crippen molar-refractivity contribution in [2.24, 2.45) is 5.92 Å². The summed E-state index contributed by atoms with van der Waals surface area (Å²) in [6.45, 7) is 4.10. The lowest BCUT2D eigenvalue weighted by molar-refractivity contribution is -0.147. The Bertz CT molecular complexity index is 1270. The third kappa shape index (κ3) is 5.01. The van der Waals surface area contributed by atoms with E-state index >= 15 is 0 Å². The summed E-state index contributed by atoms with van der Waals surface area (Å²) in [7, 11) is 1.33. The maximum absolute atomic E-state index is 13.7. The van der Waals surface area contributed by atoms with Gasteiger partial charge in [0, 0.05) is 17.8 Å². The SMILES string of the molecule is COC(=O)C(C(C)C)N1Cc2cc(-c3ccc(NC(=O)Nc4ccccc4F)cc3)ccc2C1=O. The van der Waals surface area contributed by atoms with Crippen molar-refractivity contribution in [3.63, 3.8) is 0 Å². The molecule has 1 unspecified atom stereocenters. The summed E-state index contributed by atoms with van der Waals surface area (Å²) in [6.07, 6.45) is 0. The maximum Gasteiger partial charge on any atom is 0.328 e. The highest BCUT2D eigenvalue weighted by Crippen LogP contribution is 2.32. The fraction of sp³-hybridized carbons (Fsp3) is 0.222. The van der Waals surface area contributed by atoms with Crippen molar-refractivity contribution in [1.82, 2.24) is 4.90 Å². The number of ether oxygens (including phenoxy) is 1. The van der Waals surface area contributed by atoms with Crippen LogP contribution in [0, 0.1) is 11.7 Å². The van der Waals surface area contributed by atoms with Crippen molar-refractivity contribution in [2.75, 3.05) is 17.7 Å². The number of carbonyl (C=O) groups is 3. The van der Waals surface area contributed by atoms with E-state index in [9.17, 15) is 18.8 Å². The molecule has 3 aromatic carbocycles. The number of nitrogens with one attached hydrogen (secondary N) is 2. The Kier molecular flexibility index (Phi) is 6.82. The molecule has 7 nitrogen and oxygen atoms in total. The monoisotopic (exact) mass is 475 g/mol. The largest absolute Gasteiger partial charge is 0.467 e. The van der Waals surface area contributed by atoms with Crippen molar-refractivity contribution in [1.29, 1.82) is 0 Å². The molecule has 1 aliphatic heterocycles. The molecule has 2 N–H and O–H groups in total. The molecular formula is C27H26FN3O4. The lowest BCUT2D eigenvalue weighted by Crippen LogP contribution is -2.45. The van der Waals surface area contributed by atoms with E-state index in [4.69, 9.17) is 4.74 Å². The molecular weight excluding hydrogens is 449 g/mol. The number of urea groups is 1. The van der Waals surface area contributed by atoms with Gasteiger partial charge in [-0.2, -0.15) is 0 Å². The first-order valence-corrected chi connectivity index (χ1v) is 11.2. The highest BCUT2D eigenvalue weighted by molar-refractivity contribution is 6.01. The van der Waals surface area contributed by atoms with Crippen molar-refractivity contribution in [3.05, 3.63) is 83.7 Å². The second kappa shape index (κ2) is 9.97. The van der Waals surface area contributed by atoms with Gasteiger partial charge >= 0.3 is 12.0 Å². The number of esters is 1. The molecule has 0 bridgehead atoms. The molecule has 4 rings (SSSR count). The van der Waals surface area contributed by atoms with Gasteiger partial charge in [0.25, 0.3) is 5.91 Å². The van der Waals surface area contributed by atoms with Gasteiger partial charge in [-0.25, -0.2) is 14.0 Å². The molecule has 3 amide bonds. The van der Waals surface area contributed by atoms with Crippen molar-refractivity contribution >= 4 is 29.3 Å². The second-order valence-corrected chi connectivity index (χ2v) is 8.65. The fourth-order valence-electron chi connectivity index (χ4n) is 4.22. The van der Waals surface area contributed by atoms with E-state index in [-0.39, 0.29) is 17.5 Å². The normalized spacial score (nSPS) is 13.4. The quantitative estimate of drug-likeness (QED) is 0.474. The second-order valence-electron chi connectivity index (χ2n) is 8.65. The average molecular weight is 476 g/mol. The van der Waals surface area contributed by atoms with Crippen LogP contribution in [0.15, 0.2) is 66.7 Å². The van der Waals surface area contributed by atoms with Crippen LogP contribution in [0.25, 0.3) is 11.1 Å². The van der Waals surface area contributed by atoms with E-state index in [0.29, 0.717) is 17.8 Å². The number of hydrogen-bond donors (Lipinski definition) is 2. The van der Waals surface area contributed by atoms with Crippen LogP contribution in [0.1, 0.15) is 29.8 Å². The number of anilines is 2. The molecule has 1 heterocycles. The number of amides is 3. The molecule has 0 saturated carbocycles. The number of nitrogens with zero attached hydrogens (tertiary/aromatic N) is 1. The van der Waals surface area contributed by atoms with Crippen LogP contribution >= 0.6 is 0 Å². The summed E-state index contributed by atoms with van der Waals surface area (Å²) in [4.78, 5) is 39.0. The summed E-state index contributed by atoms with van der Waals surface area (Å²) in [6, 6.07) is 17.5. The Morgan fingerprint density at radius 2 is 1.66 bits per heavy atom. The molecule has 35 heavy (non-hydrogen) atoms. The molecule has 0 aliphatic carbocycles. The van der Waals surface area contributed by atoms with Gasteiger partial charge in [0.15, 0.2) is 0 Å². The number of benzene rings is 3. The van der Waals surface area contributed by atoms with Crippen LogP contribution in [-0.2, 0) is 16.1 Å². The van der Waals surface area contributed by atoms with E-state index in [2.05, 4.69) is 10.6 Å². The number of hydrogen-bond acceptors (Lipinski definition) is 4. The van der Waals surface area contributed by atoms with Gasteiger partial charge in [-0.05, 0) is 59.0 Å². The molecule has 8 heteroatoms. The summed E-state index contributed by atoms with van der Waals surface area (Å²) in [5.74, 6) is -1.21. The van der Waals surface area contributed by atoms with Gasteiger partial charge in [-0.1, -0.05) is 44.2 Å². The summed E-state index contributed by atoms with van der Waals surface area (Å²) in [5.41, 5.74) is 3.85. The third-order valence-electron chi connectivity index (χ3n) is 5.95. The standard InChI is InChI=1S/C27H26FN3O4/c1-16(2)24(26(33)35-3)31-15-19-14-18(10-13-21(19)25(31)32)17-8-11-20(12-9-17)29-27(34)30-23-7-5-4-6-22(23)28/h4-14,16,24H,15H2,1-3H3,(H2,29,30,34). The lowest BCUT2D eigenvalue weighted by atomic mass is 10.0. The first kappa shape index (κ1) is 23.9. The van der Waals surface area contributed by atoms with Crippen LogP contribution in [0.3, 0.4) is 0 Å². The molecule has 180 valence electrons. The van der Waals surface area contributed by atoms with Gasteiger partial charge in [0.1, 0.15) is 11.9 Å². The predicted molar refractivity (Wildman–Crippen MR) is 131 cm³/mol. The van der Waals surface area contributed by atoms with E-state index < -0.39 is 23.9 Å². The summed E-state index contributed by atoms with van der Waals surface area (Å²) in [5, 5.41) is 5.15. The van der Waals surface area contributed by atoms with Crippen LogP contribution in [0.2, 0.25) is 0 Å². The Labute approximate surface area is 202 Å². The topological polar surface area (TPSA) is 87.7 Å². The molecule has 0 radical (unpaired) electrons. The minimum atomic E-state index is -0.649. The fourth-order valence-corrected chi connectivity index (χ4v) is 4.22. The number of carbonyl (C=O) groups excluding carboxylic acids is 3. The van der Waals surface area contributed by atoms with Crippen LogP contribution in [0.4, 0.5) is 20.6 Å². The van der Waals surface area contributed by atoms with Crippen LogP contribution in [0.5, 0.6) is 0 Å². The highest BCUT2D eigenvalue weighted by atomic mass is 19.1. The van der Waals surface area contributed by atoms with E-state index in [1.807, 2.05) is 38.1 Å². The third-order valence-corrected chi connectivity index (χ3v) is 5.95. The number of methoxy groups -OCH3 is 1. The lowest BCUT2D eigenvalue weighted by Gasteiger charge is -2.28. The predicted octanol–water partition coefficient (Wildman–Crippen LogP) is 5.29. The molecule has 1 atom stereocenters. The molecule has 0 saturated heterocycles. The zero-order valence-corrected chi connectivity index (χ0v) is 19.7. The molecule has 3 aromatic rings. The van der Waals surface area contributed by atoms with Crippen LogP contribution in [-0.4, -0.2) is 36.0 Å². The number of para-hydroxylation sites is 1. The van der Waals surface area contributed by atoms with Crippen LogP contribution < -0.4 is 10.6 Å². The van der Waals surface area contributed by atoms with E-state index in [1.165, 1.54) is 19.2 Å². The van der Waals surface area contributed by atoms with E-state index in [0.717, 1.165) is 16.7 Å². The number of rotatable bonds is 6. The first-order valence-electron chi connectivity index (χ1n) is 11.2. The van der Waals surface area contributed by atoms with Crippen molar-refractivity contribution in [3.8, 4) is 11.1 Å². The van der Waals surface area contributed by atoms with Gasteiger partial charge in [0.05, 0.1) is 12.8 Å². The summed E-state index contributed by atoms with van der Waals surface area (Å²) >= 11 is 0. The smallest absolute Gasteiger partial charge is 0.328 e. The Balaban J connectivity index is 1.47. The molecule has 0 aromatic heterocycles. The first-order chi connectivity index (χ1) is 16.8. The minimum Gasteiger partial charge on any atom is -0.467 e. The molecule has 1 aliphatic rings. The average Bonchev–Trinajstić information content (AvgIpc) is 3.16. The van der Waals surface area contributed by atoms with Gasteiger partial charge in [0.2, 0.25) is 0 Å². The van der Waals surface area contributed by atoms with Gasteiger partial charge in [-0.15, -0.1) is 0 Å². The van der Waals surface area contributed by atoms with Gasteiger partial charge in [-0.3, -0.25) is 4.79 Å². The van der Waals surface area contributed by atoms with Crippen molar-refractivity contribution in [2.45, 2.75) is 26.4 Å². The molecule has 0 fully saturated rings. The number of fused-ring (bicyclic) bond motifs is 1.